The van der Waals surface area contributed by atoms with Crippen LogP contribution in [0.25, 0.3) is 0 Å². The number of nitrogens with zero attached hydrogens (tertiary/aromatic N) is 1. The minimum absolute atomic E-state index is 0.305. The Kier molecular flexibility index (Phi) is 2.84. The molecular weight excluding hydrogens is 162 g/mol. The molecule has 1 rings (SSSR count). The lowest BCUT2D eigenvalue weighted by Gasteiger charge is -1.97. The summed E-state index contributed by atoms with van der Waals surface area (Å²) in [6.07, 6.45) is 0.348. The Bertz CT molecular complexity index is 222. The third-order valence-corrected chi connectivity index (χ3v) is 2.03. The Morgan fingerprint density at radius 1 is 1.82 bits per heavy atom. The zero-order chi connectivity index (χ0) is 8.27. The highest BCUT2D eigenvalue weighted by Gasteiger charge is 2.03. The van der Waals surface area contributed by atoms with Crippen LogP contribution >= 0.6 is 11.5 Å². The quantitative estimate of drug-likeness (QED) is 0.743. The molecule has 1 aromatic rings. The van der Waals surface area contributed by atoms with E-state index in [0.29, 0.717) is 12.3 Å². The third kappa shape index (κ3) is 2.48. The Balaban J connectivity index is 2.58. The fourth-order valence-corrected chi connectivity index (χ4v) is 1.58. The van der Waals surface area contributed by atoms with Crippen molar-refractivity contribution >= 4 is 11.5 Å². The summed E-state index contributed by atoms with van der Waals surface area (Å²) in [6.45, 7) is 1.76. The predicted molar refractivity (Wildman–Crippen MR) is 44.1 cm³/mol. The molecule has 3 nitrogen and oxygen atoms in total. The first-order valence-corrected chi connectivity index (χ1v) is 4.17. The van der Waals surface area contributed by atoms with Crippen molar-refractivity contribution < 1.29 is 9.84 Å². The number of hydrogen-bond donors (Lipinski definition) is 1. The van der Waals surface area contributed by atoms with E-state index < -0.39 is 0 Å². The van der Waals surface area contributed by atoms with Crippen LogP contribution in [0, 0.1) is 0 Å². The van der Waals surface area contributed by atoms with E-state index in [1.807, 2.05) is 6.07 Å². The van der Waals surface area contributed by atoms with Gasteiger partial charge >= 0.3 is 0 Å². The maximum atomic E-state index is 9.03. The van der Waals surface area contributed by atoms with Gasteiger partial charge < -0.3 is 9.84 Å². The minimum Gasteiger partial charge on any atom is -0.480 e. The SMILES string of the molecule is COc1cc(CC(C)O)sn1. The molecule has 0 aliphatic carbocycles. The molecule has 1 N–H and O–H groups in total. The van der Waals surface area contributed by atoms with Crippen LogP contribution in [0.2, 0.25) is 0 Å². The standard InChI is InChI=1S/C7H11NO2S/c1-5(9)3-6-4-7(10-2)8-11-6/h4-5,9H,3H2,1-2H3. The molecule has 1 unspecified atom stereocenters. The molecule has 11 heavy (non-hydrogen) atoms. The summed E-state index contributed by atoms with van der Waals surface area (Å²) >= 11 is 1.37. The number of rotatable bonds is 3. The Morgan fingerprint density at radius 3 is 3.00 bits per heavy atom. The second kappa shape index (κ2) is 3.69. The minimum atomic E-state index is -0.305. The molecule has 0 radical (unpaired) electrons. The van der Waals surface area contributed by atoms with E-state index in [9.17, 15) is 0 Å². The van der Waals surface area contributed by atoms with Crippen LogP contribution in [0.5, 0.6) is 5.88 Å². The number of methoxy groups -OCH3 is 1. The second-order valence-corrected chi connectivity index (χ2v) is 3.28. The van der Waals surface area contributed by atoms with Crippen LogP contribution in [0.4, 0.5) is 0 Å². The molecule has 0 fully saturated rings. The Morgan fingerprint density at radius 2 is 2.55 bits per heavy atom. The van der Waals surface area contributed by atoms with Gasteiger partial charge in [-0.1, -0.05) is 0 Å². The van der Waals surface area contributed by atoms with Crippen LogP contribution in [0.1, 0.15) is 11.8 Å². The fraction of sp³-hybridized carbons (Fsp3) is 0.571. The smallest absolute Gasteiger partial charge is 0.225 e. The van der Waals surface area contributed by atoms with E-state index in [-0.39, 0.29) is 6.10 Å². The van der Waals surface area contributed by atoms with Gasteiger partial charge in [-0.25, -0.2) is 0 Å². The summed E-state index contributed by atoms with van der Waals surface area (Å²) in [5.41, 5.74) is 0. The summed E-state index contributed by atoms with van der Waals surface area (Å²) in [6, 6.07) is 1.84. The van der Waals surface area contributed by atoms with Gasteiger partial charge in [0, 0.05) is 17.4 Å². The maximum absolute atomic E-state index is 9.03. The monoisotopic (exact) mass is 173 g/mol. The van der Waals surface area contributed by atoms with Crippen molar-refractivity contribution in [3.8, 4) is 5.88 Å². The van der Waals surface area contributed by atoms with E-state index in [0.717, 1.165) is 4.88 Å². The molecule has 62 valence electrons. The van der Waals surface area contributed by atoms with E-state index in [1.165, 1.54) is 11.5 Å². The molecule has 1 atom stereocenters. The van der Waals surface area contributed by atoms with E-state index in [1.54, 1.807) is 14.0 Å². The number of aliphatic hydroxyl groups is 1. The third-order valence-electron chi connectivity index (χ3n) is 1.24. The zero-order valence-electron chi connectivity index (χ0n) is 6.57. The van der Waals surface area contributed by atoms with Crippen molar-refractivity contribution in [3.63, 3.8) is 0 Å². The summed E-state index contributed by atoms with van der Waals surface area (Å²) in [5.74, 6) is 0.630. The lowest BCUT2D eigenvalue weighted by Crippen LogP contribution is -2.01. The van der Waals surface area contributed by atoms with Gasteiger partial charge in [0.05, 0.1) is 13.2 Å². The second-order valence-electron chi connectivity index (χ2n) is 2.39. The molecule has 0 aromatic carbocycles. The van der Waals surface area contributed by atoms with Crippen molar-refractivity contribution in [1.82, 2.24) is 4.37 Å². The molecule has 1 heterocycles. The molecule has 4 heteroatoms. The molecule has 0 aliphatic heterocycles. The van der Waals surface area contributed by atoms with Crippen LogP contribution in [0.3, 0.4) is 0 Å². The molecule has 0 bridgehead atoms. The number of aromatic nitrogens is 1. The summed E-state index contributed by atoms with van der Waals surface area (Å²) in [5, 5.41) is 9.03. The highest BCUT2D eigenvalue weighted by Crippen LogP contribution is 2.17. The lowest BCUT2D eigenvalue weighted by atomic mass is 10.2. The first kappa shape index (κ1) is 8.49. The van der Waals surface area contributed by atoms with Crippen molar-refractivity contribution in [2.24, 2.45) is 0 Å². The molecule has 1 aromatic heterocycles. The summed E-state index contributed by atoms with van der Waals surface area (Å²) in [4.78, 5) is 1.05. The van der Waals surface area contributed by atoms with E-state index in [2.05, 4.69) is 4.37 Å². The summed E-state index contributed by atoms with van der Waals surface area (Å²) in [7, 11) is 1.58. The van der Waals surface area contributed by atoms with Gasteiger partial charge in [0.2, 0.25) is 5.88 Å². The van der Waals surface area contributed by atoms with Crippen LogP contribution in [-0.2, 0) is 6.42 Å². The fourth-order valence-electron chi connectivity index (χ4n) is 0.778. The van der Waals surface area contributed by atoms with Crippen molar-refractivity contribution in [1.29, 1.82) is 0 Å². The van der Waals surface area contributed by atoms with E-state index >= 15 is 0 Å². The number of aliphatic hydroxyl groups excluding tert-OH is 1. The first-order valence-electron chi connectivity index (χ1n) is 3.40. The van der Waals surface area contributed by atoms with Gasteiger partial charge in [0.25, 0.3) is 0 Å². The van der Waals surface area contributed by atoms with Gasteiger partial charge in [-0.15, -0.1) is 0 Å². The van der Waals surface area contributed by atoms with Crippen LogP contribution in [-0.4, -0.2) is 22.7 Å². The zero-order valence-corrected chi connectivity index (χ0v) is 7.39. The highest BCUT2D eigenvalue weighted by atomic mass is 32.1. The van der Waals surface area contributed by atoms with Gasteiger partial charge in [0.1, 0.15) is 0 Å². The molecular formula is C7H11NO2S. The normalized spacial score (nSPS) is 13.0. The molecule has 0 aliphatic rings. The topological polar surface area (TPSA) is 42.4 Å². The predicted octanol–water partition coefficient (Wildman–Crippen LogP) is 1.07. The number of hydrogen-bond acceptors (Lipinski definition) is 4. The van der Waals surface area contributed by atoms with Gasteiger partial charge in [0.15, 0.2) is 0 Å². The van der Waals surface area contributed by atoms with Crippen molar-refractivity contribution in [2.45, 2.75) is 19.4 Å². The first-order chi connectivity index (χ1) is 5.22. The Hall–Kier alpha value is -0.610. The van der Waals surface area contributed by atoms with Gasteiger partial charge in [-0.05, 0) is 18.5 Å². The molecule has 0 spiro atoms. The van der Waals surface area contributed by atoms with Crippen LogP contribution in [0.15, 0.2) is 6.07 Å². The van der Waals surface area contributed by atoms with Crippen molar-refractivity contribution in [3.05, 3.63) is 10.9 Å². The largest absolute Gasteiger partial charge is 0.480 e. The average molecular weight is 173 g/mol. The average Bonchev–Trinajstić information content (AvgIpc) is 2.34. The lowest BCUT2D eigenvalue weighted by molar-refractivity contribution is 0.196. The van der Waals surface area contributed by atoms with Gasteiger partial charge in [-0.3, -0.25) is 0 Å². The van der Waals surface area contributed by atoms with Crippen LogP contribution < -0.4 is 4.74 Å². The van der Waals surface area contributed by atoms with Crippen molar-refractivity contribution in [2.75, 3.05) is 7.11 Å². The van der Waals surface area contributed by atoms with Gasteiger partial charge in [-0.2, -0.15) is 4.37 Å². The Labute approximate surface area is 69.8 Å². The maximum Gasteiger partial charge on any atom is 0.225 e. The molecule has 0 amide bonds. The van der Waals surface area contributed by atoms with E-state index in [4.69, 9.17) is 9.84 Å². The highest BCUT2D eigenvalue weighted by molar-refractivity contribution is 7.05. The number of ether oxygens (including phenoxy) is 1. The molecule has 0 saturated carbocycles. The summed E-state index contributed by atoms with van der Waals surface area (Å²) < 4.78 is 8.89. The molecule has 0 saturated heterocycles.